The van der Waals surface area contributed by atoms with Crippen molar-refractivity contribution in [2.45, 2.75) is 90.1 Å². The molecule has 3 fully saturated rings. The number of ether oxygens (including phenoxy) is 1. The molecule has 0 saturated carbocycles. The standard InChI is InChI=1S/C22H41N3O3/c1-3-21(26)25-14-6-5-9-20(25)18-10-15-23(16-11-18)19-8-7-13-24(17-12-19)22(27)28-4-2/h18-20,22,27H,3-17H2,1-2H3. The fraction of sp³-hybridized carbons (Fsp3) is 0.955. The Morgan fingerprint density at radius 1 is 0.964 bits per heavy atom. The van der Waals surface area contributed by atoms with Crippen molar-refractivity contribution in [1.29, 1.82) is 0 Å². The SMILES string of the molecule is CCOC(O)N1CCCC(N2CCC(C3CCCCN3C(=O)CC)CC2)CC1. The molecule has 3 saturated heterocycles. The zero-order valence-corrected chi connectivity index (χ0v) is 18.0. The van der Waals surface area contributed by atoms with Crippen LogP contribution in [0.1, 0.15) is 71.6 Å². The highest BCUT2D eigenvalue weighted by atomic mass is 16.6. The van der Waals surface area contributed by atoms with Crippen molar-refractivity contribution in [3.63, 3.8) is 0 Å². The molecule has 1 N–H and O–H groups in total. The molecule has 3 aliphatic heterocycles. The van der Waals surface area contributed by atoms with E-state index >= 15 is 0 Å². The van der Waals surface area contributed by atoms with E-state index in [0.717, 1.165) is 45.6 Å². The van der Waals surface area contributed by atoms with Crippen LogP contribution in [0, 0.1) is 5.92 Å². The number of rotatable bonds is 6. The zero-order chi connectivity index (χ0) is 19.9. The summed E-state index contributed by atoms with van der Waals surface area (Å²) in [6, 6.07) is 1.11. The third kappa shape index (κ3) is 5.47. The molecule has 0 spiro atoms. The normalized spacial score (nSPS) is 30.2. The molecule has 162 valence electrons. The van der Waals surface area contributed by atoms with Crippen molar-refractivity contribution in [3.8, 4) is 0 Å². The van der Waals surface area contributed by atoms with Crippen LogP contribution in [0.25, 0.3) is 0 Å². The molecule has 6 nitrogen and oxygen atoms in total. The molecule has 0 aromatic heterocycles. The van der Waals surface area contributed by atoms with Crippen molar-refractivity contribution in [2.75, 3.05) is 39.3 Å². The van der Waals surface area contributed by atoms with Crippen molar-refractivity contribution in [3.05, 3.63) is 0 Å². The smallest absolute Gasteiger partial charge is 0.222 e. The highest BCUT2D eigenvalue weighted by Gasteiger charge is 2.35. The molecular weight excluding hydrogens is 354 g/mol. The fourth-order valence-corrected chi connectivity index (χ4v) is 5.57. The van der Waals surface area contributed by atoms with Gasteiger partial charge in [0.05, 0.1) is 0 Å². The summed E-state index contributed by atoms with van der Waals surface area (Å²) in [4.78, 5) is 19.4. The van der Waals surface area contributed by atoms with Gasteiger partial charge in [0.1, 0.15) is 0 Å². The Bertz CT molecular complexity index is 482. The second kappa shape index (κ2) is 10.9. The van der Waals surface area contributed by atoms with Crippen LogP contribution in [0.4, 0.5) is 0 Å². The maximum Gasteiger partial charge on any atom is 0.222 e. The van der Waals surface area contributed by atoms with Crippen LogP contribution >= 0.6 is 0 Å². The summed E-state index contributed by atoms with van der Waals surface area (Å²) in [5, 5.41) is 10.1. The average molecular weight is 396 g/mol. The summed E-state index contributed by atoms with van der Waals surface area (Å²) in [7, 11) is 0. The molecule has 1 amide bonds. The quantitative estimate of drug-likeness (QED) is 0.701. The van der Waals surface area contributed by atoms with Crippen LogP contribution in [-0.2, 0) is 9.53 Å². The average Bonchev–Trinajstić information content (AvgIpc) is 3.00. The van der Waals surface area contributed by atoms with Crippen LogP contribution in [0.2, 0.25) is 0 Å². The molecule has 0 aromatic rings. The maximum atomic E-state index is 12.4. The predicted octanol–water partition coefficient (Wildman–Crippen LogP) is 2.66. The minimum Gasteiger partial charge on any atom is -0.356 e. The number of likely N-dealkylation sites (tertiary alicyclic amines) is 3. The third-order valence-corrected chi connectivity index (χ3v) is 7.17. The van der Waals surface area contributed by atoms with Gasteiger partial charge in [0.15, 0.2) is 0 Å². The molecule has 3 aliphatic rings. The van der Waals surface area contributed by atoms with Crippen molar-refractivity contribution < 1.29 is 14.6 Å². The molecule has 0 radical (unpaired) electrons. The lowest BCUT2D eigenvalue weighted by atomic mass is 9.83. The monoisotopic (exact) mass is 395 g/mol. The molecule has 3 atom stereocenters. The van der Waals surface area contributed by atoms with E-state index in [2.05, 4.69) is 14.7 Å². The van der Waals surface area contributed by atoms with E-state index in [9.17, 15) is 9.90 Å². The molecule has 3 heterocycles. The lowest BCUT2D eigenvalue weighted by Gasteiger charge is -2.45. The summed E-state index contributed by atoms with van der Waals surface area (Å²) in [6.07, 6.45) is 9.43. The number of aliphatic hydroxyl groups excluding tert-OH is 1. The van der Waals surface area contributed by atoms with Crippen LogP contribution < -0.4 is 0 Å². The number of piperidine rings is 2. The first-order valence-corrected chi connectivity index (χ1v) is 11.7. The van der Waals surface area contributed by atoms with Gasteiger partial charge in [0, 0.05) is 44.7 Å². The van der Waals surface area contributed by atoms with Gasteiger partial charge in [-0.05, 0) is 77.3 Å². The van der Waals surface area contributed by atoms with E-state index in [-0.39, 0.29) is 0 Å². The highest BCUT2D eigenvalue weighted by molar-refractivity contribution is 5.76. The largest absolute Gasteiger partial charge is 0.356 e. The predicted molar refractivity (Wildman–Crippen MR) is 111 cm³/mol. The summed E-state index contributed by atoms with van der Waals surface area (Å²) in [5.74, 6) is 1.03. The lowest BCUT2D eigenvalue weighted by molar-refractivity contribution is -0.189. The molecule has 0 bridgehead atoms. The maximum absolute atomic E-state index is 12.4. The van der Waals surface area contributed by atoms with Crippen LogP contribution in [-0.4, -0.2) is 83.5 Å². The first-order chi connectivity index (χ1) is 13.6. The molecule has 28 heavy (non-hydrogen) atoms. The van der Waals surface area contributed by atoms with Gasteiger partial charge in [-0.25, -0.2) is 0 Å². The fourth-order valence-electron chi connectivity index (χ4n) is 5.57. The number of hydrogen-bond donors (Lipinski definition) is 1. The van der Waals surface area contributed by atoms with Gasteiger partial charge in [-0.15, -0.1) is 0 Å². The van der Waals surface area contributed by atoms with Crippen molar-refractivity contribution >= 4 is 5.91 Å². The van der Waals surface area contributed by atoms with Gasteiger partial charge in [-0.1, -0.05) is 6.92 Å². The van der Waals surface area contributed by atoms with Crippen molar-refractivity contribution in [2.24, 2.45) is 5.92 Å². The lowest BCUT2D eigenvalue weighted by Crippen LogP contribution is -2.51. The summed E-state index contributed by atoms with van der Waals surface area (Å²) >= 11 is 0. The number of nitrogens with zero attached hydrogens (tertiary/aromatic N) is 3. The second-order valence-corrected chi connectivity index (χ2v) is 8.78. The number of hydrogen-bond acceptors (Lipinski definition) is 5. The zero-order valence-electron chi connectivity index (χ0n) is 18.0. The molecule has 6 heteroatoms. The van der Waals surface area contributed by atoms with Gasteiger partial charge >= 0.3 is 0 Å². The Kier molecular flexibility index (Phi) is 8.57. The Labute approximate surface area is 171 Å². The van der Waals surface area contributed by atoms with E-state index < -0.39 is 6.41 Å². The Morgan fingerprint density at radius 3 is 2.46 bits per heavy atom. The van der Waals surface area contributed by atoms with E-state index in [1.54, 1.807) is 0 Å². The van der Waals surface area contributed by atoms with Gasteiger partial charge in [0.25, 0.3) is 0 Å². The van der Waals surface area contributed by atoms with E-state index in [1.807, 2.05) is 13.8 Å². The number of amides is 1. The first kappa shape index (κ1) is 22.0. The van der Waals surface area contributed by atoms with Crippen LogP contribution in [0.15, 0.2) is 0 Å². The number of carbonyl (C=O) groups is 1. The van der Waals surface area contributed by atoms with E-state index in [4.69, 9.17) is 4.74 Å². The molecule has 3 unspecified atom stereocenters. The van der Waals surface area contributed by atoms with Crippen LogP contribution in [0.5, 0.6) is 0 Å². The van der Waals surface area contributed by atoms with Gasteiger partial charge in [-0.3, -0.25) is 9.69 Å². The van der Waals surface area contributed by atoms with Crippen molar-refractivity contribution in [1.82, 2.24) is 14.7 Å². The first-order valence-electron chi connectivity index (χ1n) is 11.7. The van der Waals surface area contributed by atoms with E-state index in [1.165, 1.54) is 38.5 Å². The molecular formula is C22H41N3O3. The van der Waals surface area contributed by atoms with Crippen LogP contribution in [0.3, 0.4) is 0 Å². The Hall–Kier alpha value is -0.690. The Morgan fingerprint density at radius 2 is 1.75 bits per heavy atom. The minimum atomic E-state index is -0.747. The summed E-state index contributed by atoms with van der Waals surface area (Å²) in [6.45, 7) is 9.59. The summed E-state index contributed by atoms with van der Waals surface area (Å²) < 4.78 is 5.37. The molecule has 0 aromatic carbocycles. The molecule has 0 aliphatic carbocycles. The highest BCUT2D eigenvalue weighted by Crippen LogP contribution is 2.32. The molecule has 3 rings (SSSR count). The van der Waals surface area contributed by atoms with Gasteiger partial charge in [-0.2, -0.15) is 0 Å². The summed E-state index contributed by atoms with van der Waals surface area (Å²) in [5.41, 5.74) is 0. The Balaban J connectivity index is 1.49. The third-order valence-electron chi connectivity index (χ3n) is 7.17. The second-order valence-electron chi connectivity index (χ2n) is 8.78. The minimum absolute atomic E-state index is 0.351. The number of aliphatic hydroxyl groups is 1. The van der Waals surface area contributed by atoms with Gasteiger partial charge < -0.3 is 19.6 Å². The number of carbonyl (C=O) groups excluding carboxylic acids is 1. The topological polar surface area (TPSA) is 56.3 Å². The van der Waals surface area contributed by atoms with E-state index in [0.29, 0.717) is 36.9 Å². The van der Waals surface area contributed by atoms with Gasteiger partial charge in [0.2, 0.25) is 12.3 Å².